The van der Waals surface area contributed by atoms with Gasteiger partial charge in [-0.25, -0.2) is 4.79 Å². The van der Waals surface area contributed by atoms with Crippen LogP contribution in [0.5, 0.6) is 0 Å². The van der Waals surface area contributed by atoms with Crippen LogP contribution in [0.3, 0.4) is 0 Å². The van der Waals surface area contributed by atoms with Crippen LogP contribution >= 0.6 is 22.9 Å². The summed E-state index contributed by atoms with van der Waals surface area (Å²) in [6.07, 6.45) is -0.475. The van der Waals surface area contributed by atoms with E-state index in [2.05, 4.69) is 24.5 Å². The molecule has 0 spiro atoms. The van der Waals surface area contributed by atoms with Gasteiger partial charge in [-0.2, -0.15) is 0 Å². The zero-order chi connectivity index (χ0) is 20.7. The highest BCUT2D eigenvalue weighted by molar-refractivity contribution is 7.10. The number of benzene rings is 1. The van der Waals surface area contributed by atoms with Crippen molar-refractivity contribution in [2.45, 2.75) is 25.9 Å². The minimum absolute atomic E-state index is 0.0268. The zero-order valence-electron chi connectivity index (χ0n) is 16.7. The summed E-state index contributed by atoms with van der Waals surface area (Å²) in [5.74, 6) is 0.836. The van der Waals surface area contributed by atoms with E-state index in [1.165, 1.54) is 7.11 Å². The normalized spacial score (nSPS) is 21.1. The van der Waals surface area contributed by atoms with Crippen molar-refractivity contribution >= 4 is 40.5 Å². The lowest BCUT2D eigenvalue weighted by atomic mass is 9.94. The lowest BCUT2D eigenvalue weighted by Crippen LogP contribution is -2.29. The molecule has 1 amide bonds. The lowest BCUT2D eigenvalue weighted by Gasteiger charge is -2.20. The summed E-state index contributed by atoms with van der Waals surface area (Å²) in [4.78, 5) is 24.1. The topological polar surface area (TPSA) is 63.2 Å². The summed E-state index contributed by atoms with van der Waals surface area (Å²) in [7, 11) is 3.28. The number of nitrogens with one attached hydrogen (secondary N) is 1. The number of methoxy groups -OCH3 is 1. The van der Waals surface area contributed by atoms with Crippen LogP contribution in [0.1, 0.15) is 34.5 Å². The van der Waals surface area contributed by atoms with Gasteiger partial charge in [0.2, 0.25) is 0 Å². The molecule has 0 bridgehead atoms. The molecule has 1 unspecified atom stereocenters. The average Bonchev–Trinajstić information content (AvgIpc) is 3.18. The van der Waals surface area contributed by atoms with Gasteiger partial charge in [0.1, 0.15) is 6.04 Å². The largest absolute Gasteiger partial charge is 0.453 e. The van der Waals surface area contributed by atoms with E-state index >= 15 is 0 Å². The van der Waals surface area contributed by atoms with E-state index in [1.807, 2.05) is 36.4 Å². The quantitative estimate of drug-likeness (QED) is 0.772. The first-order chi connectivity index (χ1) is 13.9. The first-order valence-electron chi connectivity index (χ1n) is 9.30. The first kappa shape index (κ1) is 19.9. The average molecular weight is 432 g/mol. The molecule has 0 fully saturated rings. The highest BCUT2D eigenvalue weighted by atomic mass is 35.5. The summed E-state index contributed by atoms with van der Waals surface area (Å²) in [5.41, 5.74) is 5.05. The standard InChI is InChI=1S/C21H22ClN3O3S/c1-11-10-29-20-15(9-23-21(26)27-4)24-18(13-5-7-14(22)8-6-13)17-12(2)25(3)28-19(17)16(11)20/h5-8,10,12,15H,9H2,1-4H3,(H,23,26)/t12?,15-/m0/s1. The van der Waals surface area contributed by atoms with Crippen molar-refractivity contribution in [3.8, 4) is 0 Å². The van der Waals surface area contributed by atoms with E-state index in [1.54, 1.807) is 11.3 Å². The number of hydrogen-bond acceptors (Lipinski definition) is 6. The number of ether oxygens (including phenoxy) is 1. The molecule has 152 valence electrons. The van der Waals surface area contributed by atoms with Crippen LogP contribution in [-0.2, 0) is 9.57 Å². The van der Waals surface area contributed by atoms with E-state index < -0.39 is 6.09 Å². The SMILES string of the molecule is COC(=O)NC[C@@H]1N=C(c2ccc(Cl)cc2)C2=C(ON(C)C2C)c2c(C)csc21. The Balaban J connectivity index is 1.88. The van der Waals surface area contributed by atoms with Crippen molar-refractivity contribution in [1.82, 2.24) is 10.4 Å². The smallest absolute Gasteiger partial charge is 0.406 e. The summed E-state index contributed by atoms with van der Waals surface area (Å²) < 4.78 is 4.74. The van der Waals surface area contributed by atoms with Gasteiger partial charge in [-0.05, 0) is 36.9 Å². The number of thiophene rings is 1. The Kier molecular flexibility index (Phi) is 5.38. The number of alkyl carbamates (subject to hydrolysis) is 1. The number of carbonyl (C=O) groups is 1. The number of amides is 1. The predicted molar refractivity (Wildman–Crippen MR) is 115 cm³/mol. The number of carbonyl (C=O) groups excluding carboxylic acids is 1. The Morgan fingerprint density at radius 3 is 2.79 bits per heavy atom. The third-order valence-electron chi connectivity index (χ3n) is 5.26. The van der Waals surface area contributed by atoms with Crippen LogP contribution in [0.2, 0.25) is 5.02 Å². The number of hydroxylamine groups is 2. The number of likely N-dealkylation sites (N-methyl/N-ethyl adjacent to an activating group) is 1. The molecule has 2 aliphatic heterocycles. The Labute approximate surface area is 178 Å². The Morgan fingerprint density at radius 2 is 2.10 bits per heavy atom. The molecule has 2 aromatic rings. The fourth-order valence-corrected chi connectivity index (χ4v) is 4.85. The molecule has 29 heavy (non-hydrogen) atoms. The second-order valence-corrected chi connectivity index (χ2v) is 8.43. The molecule has 0 saturated heterocycles. The molecular weight excluding hydrogens is 410 g/mol. The molecule has 1 N–H and O–H groups in total. The van der Waals surface area contributed by atoms with Gasteiger partial charge in [0, 0.05) is 40.2 Å². The molecule has 6 nitrogen and oxygen atoms in total. The molecule has 3 heterocycles. The Hall–Kier alpha value is -2.35. The highest BCUT2D eigenvalue weighted by Gasteiger charge is 2.39. The summed E-state index contributed by atoms with van der Waals surface area (Å²) in [6, 6.07) is 7.43. The number of aliphatic imine (C=N–C) groups is 1. The maximum absolute atomic E-state index is 11.7. The van der Waals surface area contributed by atoms with E-state index in [9.17, 15) is 4.79 Å². The Morgan fingerprint density at radius 1 is 1.38 bits per heavy atom. The number of rotatable bonds is 3. The molecule has 0 aliphatic carbocycles. The van der Waals surface area contributed by atoms with Crippen LogP contribution in [-0.4, -0.2) is 43.6 Å². The number of fused-ring (bicyclic) bond motifs is 2. The van der Waals surface area contributed by atoms with Gasteiger partial charge in [-0.3, -0.25) is 4.99 Å². The van der Waals surface area contributed by atoms with E-state index in [4.69, 9.17) is 26.2 Å². The molecule has 1 aromatic carbocycles. The van der Waals surface area contributed by atoms with Crippen LogP contribution in [0.4, 0.5) is 4.79 Å². The molecule has 0 radical (unpaired) electrons. The number of aryl methyl sites for hydroxylation is 1. The molecule has 2 atom stereocenters. The first-order valence-corrected chi connectivity index (χ1v) is 10.6. The summed E-state index contributed by atoms with van der Waals surface area (Å²) in [5, 5.41) is 7.42. The van der Waals surface area contributed by atoms with Crippen molar-refractivity contribution in [2.75, 3.05) is 20.7 Å². The van der Waals surface area contributed by atoms with Crippen molar-refractivity contribution in [2.24, 2.45) is 4.99 Å². The molecule has 0 saturated carbocycles. The van der Waals surface area contributed by atoms with Gasteiger partial charge in [-0.15, -0.1) is 16.4 Å². The van der Waals surface area contributed by atoms with Crippen LogP contribution in [0.15, 0.2) is 40.2 Å². The van der Waals surface area contributed by atoms with Gasteiger partial charge in [-0.1, -0.05) is 23.7 Å². The van der Waals surface area contributed by atoms with Crippen LogP contribution in [0.25, 0.3) is 5.76 Å². The monoisotopic (exact) mass is 431 g/mol. The van der Waals surface area contributed by atoms with Gasteiger partial charge in [0.25, 0.3) is 0 Å². The van der Waals surface area contributed by atoms with Gasteiger partial charge in [0.15, 0.2) is 5.76 Å². The van der Waals surface area contributed by atoms with Crippen molar-refractivity contribution in [3.63, 3.8) is 0 Å². The molecule has 4 rings (SSSR count). The van der Waals surface area contributed by atoms with Crippen molar-refractivity contribution < 1.29 is 14.4 Å². The van der Waals surface area contributed by atoms with E-state index in [0.29, 0.717) is 11.6 Å². The third kappa shape index (κ3) is 3.54. The van der Waals surface area contributed by atoms with Crippen molar-refractivity contribution in [1.29, 1.82) is 0 Å². The van der Waals surface area contributed by atoms with Gasteiger partial charge < -0.3 is 14.9 Å². The van der Waals surface area contributed by atoms with Gasteiger partial charge in [0.05, 0.1) is 18.9 Å². The summed E-state index contributed by atoms with van der Waals surface area (Å²) >= 11 is 7.74. The highest BCUT2D eigenvalue weighted by Crippen LogP contribution is 2.45. The maximum Gasteiger partial charge on any atom is 0.406 e. The third-order valence-corrected chi connectivity index (χ3v) is 6.71. The second kappa shape index (κ2) is 7.82. The number of halogens is 1. The van der Waals surface area contributed by atoms with E-state index in [0.717, 1.165) is 38.6 Å². The minimum atomic E-state index is -0.475. The van der Waals surface area contributed by atoms with Gasteiger partial charge >= 0.3 is 6.09 Å². The van der Waals surface area contributed by atoms with Crippen LogP contribution in [0, 0.1) is 6.92 Å². The fraction of sp³-hybridized carbons (Fsp3) is 0.333. The molecular formula is C21H22ClN3O3S. The molecule has 2 aliphatic rings. The van der Waals surface area contributed by atoms with Crippen LogP contribution < -0.4 is 5.32 Å². The molecule has 1 aromatic heterocycles. The fourth-order valence-electron chi connectivity index (χ4n) is 3.64. The zero-order valence-corrected chi connectivity index (χ0v) is 18.2. The lowest BCUT2D eigenvalue weighted by molar-refractivity contribution is -0.0610. The Bertz CT molecular complexity index is 1010. The summed E-state index contributed by atoms with van der Waals surface area (Å²) in [6.45, 7) is 4.51. The number of hydrogen-bond donors (Lipinski definition) is 1. The minimum Gasteiger partial charge on any atom is -0.453 e. The second-order valence-electron chi connectivity index (χ2n) is 7.09. The number of nitrogens with zero attached hydrogens (tertiary/aromatic N) is 2. The maximum atomic E-state index is 11.7. The van der Waals surface area contributed by atoms with Crippen molar-refractivity contribution in [3.05, 3.63) is 61.8 Å². The predicted octanol–water partition coefficient (Wildman–Crippen LogP) is 4.59. The van der Waals surface area contributed by atoms with E-state index in [-0.39, 0.29) is 12.1 Å². The molecule has 8 heteroatoms.